The molecule has 0 spiro atoms. The summed E-state index contributed by atoms with van der Waals surface area (Å²) >= 11 is 0. The molecule has 20 heavy (non-hydrogen) atoms. The molecule has 114 valence electrons. The van der Waals surface area contributed by atoms with Crippen molar-refractivity contribution in [1.82, 2.24) is 5.32 Å². The summed E-state index contributed by atoms with van der Waals surface area (Å²) < 4.78 is 11.3. The lowest BCUT2D eigenvalue weighted by Crippen LogP contribution is -2.36. The van der Waals surface area contributed by atoms with Gasteiger partial charge in [0, 0.05) is 19.7 Å². The number of ether oxygens (including phenoxy) is 2. The van der Waals surface area contributed by atoms with Crippen LogP contribution in [0.4, 0.5) is 0 Å². The van der Waals surface area contributed by atoms with Crippen molar-refractivity contribution in [3.05, 3.63) is 22.8 Å². The molecule has 0 bridgehead atoms. The number of methoxy groups -OCH3 is 1. The second kappa shape index (κ2) is 7.50. The highest BCUT2D eigenvalue weighted by Crippen LogP contribution is 2.32. The monoisotopic (exact) mass is 281 g/mol. The molecule has 0 aliphatic rings. The summed E-state index contributed by atoms with van der Waals surface area (Å²) in [6.45, 7) is 11.2. The van der Waals surface area contributed by atoms with Crippen molar-refractivity contribution in [3.8, 4) is 11.5 Å². The van der Waals surface area contributed by atoms with Crippen LogP contribution >= 0.6 is 0 Å². The van der Waals surface area contributed by atoms with Crippen molar-refractivity contribution in [3.63, 3.8) is 0 Å². The highest BCUT2D eigenvalue weighted by atomic mass is 16.5. The van der Waals surface area contributed by atoms with Gasteiger partial charge in [0.15, 0.2) is 0 Å². The fourth-order valence-corrected chi connectivity index (χ4v) is 1.94. The summed E-state index contributed by atoms with van der Waals surface area (Å²) in [7, 11) is 1.69. The Labute approximate surface area is 122 Å². The normalized spacial score (nSPS) is 12.8. The van der Waals surface area contributed by atoms with Gasteiger partial charge in [-0.05, 0) is 43.5 Å². The summed E-state index contributed by atoms with van der Waals surface area (Å²) in [4.78, 5) is 0. The summed E-state index contributed by atoms with van der Waals surface area (Å²) in [5.74, 6) is 1.16. The highest BCUT2D eigenvalue weighted by molar-refractivity contribution is 5.51. The molecule has 0 aromatic heterocycles. The van der Waals surface area contributed by atoms with E-state index in [2.05, 4.69) is 19.2 Å². The Bertz CT molecular complexity index is 444. The zero-order chi connectivity index (χ0) is 15.3. The minimum Gasteiger partial charge on any atom is -0.507 e. The van der Waals surface area contributed by atoms with Crippen LogP contribution in [0.15, 0.2) is 6.07 Å². The van der Waals surface area contributed by atoms with Crippen LogP contribution in [-0.4, -0.2) is 37.5 Å². The van der Waals surface area contributed by atoms with E-state index in [1.165, 1.54) is 0 Å². The van der Waals surface area contributed by atoms with Gasteiger partial charge in [0.1, 0.15) is 24.2 Å². The number of hydrogen-bond acceptors (Lipinski definition) is 4. The number of phenolic OH excluding ortho intramolecular Hbond substituents is 1. The summed E-state index contributed by atoms with van der Waals surface area (Å²) in [6.07, 6.45) is 0.00575. The van der Waals surface area contributed by atoms with Crippen LogP contribution in [0.25, 0.3) is 0 Å². The van der Waals surface area contributed by atoms with Gasteiger partial charge in [0.2, 0.25) is 0 Å². The van der Waals surface area contributed by atoms with Gasteiger partial charge < -0.3 is 19.9 Å². The highest BCUT2D eigenvalue weighted by Gasteiger charge is 2.13. The number of nitrogens with one attached hydrogen (secondary N) is 1. The van der Waals surface area contributed by atoms with Crippen molar-refractivity contribution >= 4 is 0 Å². The number of benzene rings is 1. The molecule has 2 N–H and O–H groups in total. The van der Waals surface area contributed by atoms with E-state index in [-0.39, 0.29) is 6.10 Å². The maximum Gasteiger partial charge on any atom is 0.123 e. The van der Waals surface area contributed by atoms with Crippen LogP contribution < -0.4 is 10.1 Å². The van der Waals surface area contributed by atoms with Crippen molar-refractivity contribution < 1.29 is 14.6 Å². The molecule has 4 heteroatoms. The topological polar surface area (TPSA) is 50.7 Å². The van der Waals surface area contributed by atoms with Crippen LogP contribution in [0.1, 0.15) is 30.5 Å². The van der Waals surface area contributed by atoms with Gasteiger partial charge >= 0.3 is 0 Å². The van der Waals surface area contributed by atoms with Gasteiger partial charge in [0.05, 0.1) is 0 Å². The zero-order valence-electron chi connectivity index (χ0n) is 13.4. The van der Waals surface area contributed by atoms with Crippen LogP contribution in [-0.2, 0) is 4.74 Å². The number of aryl methyl sites for hydroxylation is 1. The van der Waals surface area contributed by atoms with E-state index < -0.39 is 0 Å². The van der Waals surface area contributed by atoms with E-state index in [0.717, 1.165) is 29.0 Å². The van der Waals surface area contributed by atoms with Gasteiger partial charge in [-0.3, -0.25) is 0 Å². The van der Waals surface area contributed by atoms with Gasteiger partial charge in [-0.2, -0.15) is 0 Å². The molecule has 0 radical (unpaired) electrons. The van der Waals surface area contributed by atoms with E-state index in [4.69, 9.17) is 9.47 Å². The maximum absolute atomic E-state index is 9.89. The Morgan fingerprint density at radius 3 is 2.40 bits per heavy atom. The Morgan fingerprint density at radius 2 is 1.85 bits per heavy atom. The molecule has 1 aromatic rings. The first-order valence-electron chi connectivity index (χ1n) is 7.05. The molecule has 0 fully saturated rings. The Hall–Kier alpha value is -1.26. The lowest BCUT2D eigenvalue weighted by molar-refractivity contribution is 0.0565. The molecule has 4 nitrogen and oxygen atoms in total. The fourth-order valence-electron chi connectivity index (χ4n) is 1.94. The quantitative estimate of drug-likeness (QED) is 0.807. The van der Waals surface area contributed by atoms with Gasteiger partial charge in [0.25, 0.3) is 0 Å². The van der Waals surface area contributed by atoms with E-state index in [0.29, 0.717) is 18.4 Å². The minimum absolute atomic E-state index is 0.00575. The Morgan fingerprint density at radius 1 is 1.20 bits per heavy atom. The van der Waals surface area contributed by atoms with Crippen LogP contribution in [0, 0.1) is 20.8 Å². The largest absolute Gasteiger partial charge is 0.507 e. The van der Waals surface area contributed by atoms with Crippen molar-refractivity contribution in [2.75, 3.05) is 20.3 Å². The van der Waals surface area contributed by atoms with Crippen molar-refractivity contribution in [2.24, 2.45) is 0 Å². The van der Waals surface area contributed by atoms with Gasteiger partial charge in [-0.1, -0.05) is 13.8 Å². The predicted molar refractivity (Wildman–Crippen MR) is 81.7 cm³/mol. The number of phenols is 1. The van der Waals surface area contributed by atoms with Crippen molar-refractivity contribution in [1.29, 1.82) is 0 Å². The molecule has 0 saturated carbocycles. The first-order chi connectivity index (χ1) is 9.36. The van der Waals surface area contributed by atoms with Crippen LogP contribution in [0.3, 0.4) is 0 Å². The Kier molecular flexibility index (Phi) is 6.30. The standard InChI is InChI=1S/C16H27NO3/c1-10(2)17-8-14(19-6)9-20-15-7-11(3)16(18)13(5)12(15)4/h7,10,14,17-18H,8-9H2,1-6H3. The molecule has 1 atom stereocenters. The summed E-state index contributed by atoms with van der Waals surface area (Å²) in [6, 6.07) is 2.30. The first-order valence-corrected chi connectivity index (χ1v) is 7.05. The third-order valence-electron chi connectivity index (χ3n) is 3.52. The second-order valence-electron chi connectivity index (χ2n) is 5.52. The van der Waals surface area contributed by atoms with E-state index in [9.17, 15) is 5.11 Å². The molecule has 0 aliphatic carbocycles. The fraction of sp³-hybridized carbons (Fsp3) is 0.625. The SMILES string of the molecule is COC(CNC(C)C)COc1cc(C)c(O)c(C)c1C. The van der Waals surface area contributed by atoms with Crippen LogP contribution in [0.2, 0.25) is 0 Å². The maximum atomic E-state index is 9.89. The number of rotatable bonds is 7. The summed E-state index contributed by atoms with van der Waals surface area (Å²) in [5, 5.41) is 13.2. The lowest BCUT2D eigenvalue weighted by Gasteiger charge is -2.20. The molecule has 0 heterocycles. The Balaban J connectivity index is 2.69. The van der Waals surface area contributed by atoms with Crippen molar-refractivity contribution in [2.45, 2.75) is 46.8 Å². The molecule has 1 unspecified atom stereocenters. The van der Waals surface area contributed by atoms with Gasteiger partial charge in [-0.15, -0.1) is 0 Å². The lowest BCUT2D eigenvalue weighted by atomic mass is 10.0. The molecule has 1 rings (SSSR count). The summed E-state index contributed by atoms with van der Waals surface area (Å²) in [5.41, 5.74) is 2.67. The molecule has 0 saturated heterocycles. The third-order valence-corrected chi connectivity index (χ3v) is 3.52. The molecule has 0 aliphatic heterocycles. The molecular weight excluding hydrogens is 254 g/mol. The zero-order valence-corrected chi connectivity index (χ0v) is 13.4. The first kappa shape index (κ1) is 16.8. The second-order valence-corrected chi connectivity index (χ2v) is 5.52. The number of hydrogen-bond donors (Lipinski definition) is 2. The van der Waals surface area contributed by atoms with E-state index in [1.807, 2.05) is 26.8 Å². The smallest absolute Gasteiger partial charge is 0.123 e. The van der Waals surface area contributed by atoms with E-state index in [1.54, 1.807) is 7.11 Å². The molecule has 0 amide bonds. The van der Waals surface area contributed by atoms with E-state index >= 15 is 0 Å². The average Bonchev–Trinajstić information content (AvgIpc) is 2.41. The van der Waals surface area contributed by atoms with Gasteiger partial charge in [-0.25, -0.2) is 0 Å². The molecule has 1 aromatic carbocycles. The third kappa shape index (κ3) is 4.39. The van der Waals surface area contributed by atoms with Crippen LogP contribution in [0.5, 0.6) is 11.5 Å². The minimum atomic E-state index is 0.00575. The predicted octanol–water partition coefficient (Wildman–Crippen LogP) is 2.71. The molecular formula is C16H27NO3. The number of aromatic hydroxyl groups is 1. The average molecular weight is 281 g/mol.